The predicted molar refractivity (Wildman–Crippen MR) is 135 cm³/mol. The van der Waals surface area contributed by atoms with Crippen LogP contribution in [0.4, 0.5) is 5.69 Å². The SMILES string of the molecule is CCN(CC)S(=O)(=O)c1ccc(/C=C/C(=O)Nc2cccc(-c3cn4c(n3)CCCC4)c2)cc1. The van der Waals surface area contributed by atoms with Crippen molar-refractivity contribution in [2.45, 2.75) is 44.6 Å². The number of hydrogen-bond donors (Lipinski definition) is 1. The summed E-state index contributed by atoms with van der Waals surface area (Å²) in [7, 11) is -3.49. The summed E-state index contributed by atoms with van der Waals surface area (Å²) in [6.45, 7) is 5.48. The molecule has 0 radical (unpaired) electrons. The third kappa shape index (κ3) is 5.29. The molecule has 178 valence electrons. The van der Waals surface area contributed by atoms with Crippen molar-refractivity contribution in [3.05, 3.63) is 72.2 Å². The van der Waals surface area contributed by atoms with Crippen LogP contribution in [-0.2, 0) is 27.8 Å². The van der Waals surface area contributed by atoms with Crippen LogP contribution in [0.25, 0.3) is 17.3 Å². The number of fused-ring (bicyclic) bond motifs is 1. The number of carbonyl (C=O) groups excluding carboxylic acids is 1. The molecule has 0 saturated heterocycles. The van der Waals surface area contributed by atoms with Gasteiger partial charge in [0.05, 0.1) is 10.6 Å². The fourth-order valence-electron chi connectivity index (χ4n) is 4.13. The molecule has 3 aromatic rings. The Morgan fingerprint density at radius 2 is 1.88 bits per heavy atom. The van der Waals surface area contributed by atoms with E-state index in [9.17, 15) is 13.2 Å². The van der Waals surface area contributed by atoms with Crippen molar-refractivity contribution >= 4 is 27.7 Å². The summed E-state index contributed by atoms with van der Waals surface area (Å²) in [5.74, 6) is 0.857. The Morgan fingerprint density at radius 1 is 1.12 bits per heavy atom. The van der Waals surface area contributed by atoms with Crippen molar-refractivity contribution in [3.8, 4) is 11.3 Å². The molecule has 34 heavy (non-hydrogen) atoms. The van der Waals surface area contributed by atoms with Crippen LogP contribution in [0.15, 0.2) is 65.7 Å². The monoisotopic (exact) mass is 478 g/mol. The van der Waals surface area contributed by atoms with E-state index in [1.807, 2.05) is 38.1 Å². The molecule has 1 aliphatic heterocycles. The zero-order valence-corrected chi connectivity index (χ0v) is 20.4. The van der Waals surface area contributed by atoms with E-state index in [1.165, 1.54) is 23.2 Å². The highest BCUT2D eigenvalue weighted by Gasteiger charge is 2.21. The molecule has 2 heterocycles. The van der Waals surface area contributed by atoms with Crippen LogP contribution >= 0.6 is 0 Å². The van der Waals surface area contributed by atoms with E-state index in [2.05, 4.69) is 16.1 Å². The Hall–Kier alpha value is -3.23. The second kappa shape index (κ2) is 10.4. The molecule has 1 aromatic heterocycles. The van der Waals surface area contributed by atoms with E-state index in [1.54, 1.807) is 30.3 Å². The maximum Gasteiger partial charge on any atom is 0.248 e. The second-order valence-corrected chi connectivity index (χ2v) is 10.2. The zero-order valence-electron chi connectivity index (χ0n) is 19.6. The lowest BCUT2D eigenvalue weighted by Gasteiger charge is -2.18. The molecule has 0 atom stereocenters. The van der Waals surface area contributed by atoms with Gasteiger partial charge >= 0.3 is 0 Å². The van der Waals surface area contributed by atoms with Gasteiger partial charge in [0.15, 0.2) is 0 Å². The molecule has 0 unspecified atom stereocenters. The van der Waals surface area contributed by atoms with Crippen LogP contribution in [0.2, 0.25) is 0 Å². The first-order valence-electron chi connectivity index (χ1n) is 11.7. The highest BCUT2D eigenvalue weighted by atomic mass is 32.2. The number of carbonyl (C=O) groups is 1. The molecule has 4 rings (SSSR count). The predicted octanol–water partition coefficient (Wildman–Crippen LogP) is 4.57. The lowest BCUT2D eigenvalue weighted by Crippen LogP contribution is -2.30. The highest BCUT2D eigenvalue weighted by Crippen LogP contribution is 2.25. The van der Waals surface area contributed by atoms with E-state index in [0.29, 0.717) is 18.8 Å². The Bertz CT molecular complexity index is 1270. The number of rotatable bonds is 8. The smallest absolute Gasteiger partial charge is 0.248 e. The van der Waals surface area contributed by atoms with Crippen molar-refractivity contribution in [2.75, 3.05) is 18.4 Å². The lowest BCUT2D eigenvalue weighted by molar-refractivity contribution is -0.111. The number of nitrogens with one attached hydrogen (secondary N) is 1. The Kier molecular flexibility index (Phi) is 7.29. The summed E-state index contributed by atoms with van der Waals surface area (Å²) in [6, 6.07) is 14.2. The number of amides is 1. The minimum atomic E-state index is -3.49. The number of benzene rings is 2. The molecule has 0 aliphatic carbocycles. The van der Waals surface area contributed by atoms with Crippen molar-refractivity contribution < 1.29 is 13.2 Å². The minimum Gasteiger partial charge on any atom is -0.334 e. The molecule has 8 heteroatoms. The van der Waals surface area contributed by atoms with E-state index in [0.717, 1.165) is 35.6 Å². The standard InChI is InChI=1S/C26H30N4O3S/c1-3-30(4-2)34(32,33)23-14-11-20(12-15-23)13-16-26(31)27-22-9-7-8-21(18-22)24-19-29-17-6-5-10-25(29)28-24/h7-9,11-16,18-19H,3-6,10,17H2,1-2H3,(H,27,31)/b16-13+. The normalized spacial score (nSPS) is 13.9. The third-order valence-electron chi connectivity index (χ3n) is 5.98. The summed E-state index contributed by atoms with van der Waals surface area (Å²) in [4.78, 5) is 17.5. The molecule has 1 amide bonds. The van der Waals surface area contributed by atoms with Gasteiger partial charge in [-0.25, -0.2) is 13.4 Å². The molecule has 0 saturated carbocycles. The first-order chi connectivity index (χ1) is 16.4. The fourth-order valence-corrected chi connectivity index (χ4v) is 5.59. The number of anilines is 1. The maximum atomic E-state index is 12.6. The van der Waals surface area contributed by atoms with Crippen molar-refractivity contribution in [1.29, 1.82) is 0 Å². The Balaban J connectivity index is 1.41. The van der Waals surface area contributed by atoms with Gasteiger partial charge < -0.3 is 9.88 Å². The molecule has 1 aliphatic rings. The van der Waals surface area contributed by atoms with Crippen molar-refractivity contribution in [1.82, 2.24) is 13.9 Å². The molecule has 1 N–H and O–H groups in total. The first kappa shape index (κ1) is 23.9. The first-order valence-corrected chi connectivity index (χ1v) is 13.1. The molecular weight excluding hydrogens is 448 g/mol. The average Bonchev–Trinajstić information content (AvgIpc) is 3.28. The van der Waals surface area contributed by atoms with Crippen molar-refractivity contribution in [3.63, 3.8) is 0 Å². The molecule has 0 bridgehead atoms. The van der Waals surface area contributed by atoms with Gasteiger partial charge in [-0.1, -0.05) is 38.1 Å². The third-order valence-corrected chi connectivity index (χ3v) is 8.05. The van der Waals surface area contributed by atoms with Crippen molar-refractivity contribution in [2.24, 2.45) is 0 Å². The molecule has 0 spiro atoms. The van der Waals surface area contributed by atoms with Crippen LogP contribution in [0.5, 0.6) is 0 Å². The average molecular weight is 479 g/mol. The summed E-state index contributed by atoms with van der Waals surface area (Å²) in [5, 5.41) is 2.89. The lowest BCUT2D eigenvalue weighted by atomic mass is 10.1. The van der Waals surface area contributed by atoms with Gasteiger partial charge in [0.25, 0.3) is 0 Å². The largest absolute Gasteiger partial charge is 0.334 e. The zero-order chi connectivity index (χ0) is 24.1. The molecule has 2 aromatic carbocycles. The van der Waals surface area contributed by atoms with Gasteiger partial charge in [-0.3, -0.25) is 4.79 Å². The number of hydrogen-bond acceptors (Lipinski definition) is 4. The topological polar surface area (TPSA) is 84.3 Å². The van der Waals surface area contributed by atoms with Gasteiger partial charge in [0.1, 0.15) is 5.82 Å². The van der Waals surface area contributed by atoms with Crippen LogP contribution < -0.4 is 5.32 Å². The van der Waals surface area contributed by atoms with Gasteiger partial charge in [0, 0.05) is 49.6 Å². The van der Waals surface area contributed by atoms with E-state index < -0.39 is 10.0 Å². The molecule has 7 nitrogen and oxygen atoms in total. The highest BCUT2D eigenvalue weighted by molar-refractivity contribution is 7.89. The number of imidazole rings is 1. The van der Waals surface area contributed by atoms with Gasteiger partial charge in [-0.2, -0.15) is 4.31 Å². The number of sulfonamides is 1. The van der Waals surface area contributed by atoms with Crippen LogP contribution in [0.1, 0.15) is 38.1 Å². The van der Waals surface area contributed by atoms with E-state index in [-0.39, 0.29) is 10.8 Å². The van der Waals surface area contributed by atoms with Gasteiger partial charge in [-0.15, -0.1) is 0 Å². The van der Waals surface area contributed by atoms with Gasteiger partial charge in [-0.05, 0) is 48.7 Å². The van der Waals surface area contributed by atoms with Crippen LogP contribution in [0.3, 0.4) is 0 Å². The fraction of sp³-hybridized carbons (Fsp3) is 0.308. The van der Waals surface area contributed by atoms with Crippen LogP contribution in [-0.4, -0.2) is 41.3 Å². The summed E-state index contributed by atoms with van der Waals surface area (Å²) in [6.07, 6.45) is 8.54. The summed E-state index contributed by atoms with van der Waals surface area (Å²) in [5.41, 5.74) is 3.32. The quantitative estimate of drug-likeness (QED) is 0.481. The minimum absolute atomic E-state index is 0.246. The maximum absolute atomic E-state index is 12.6. The number of aryl methyl sites for hydroxylation is 2. The summed E-state index contributed by atoms with van der Waals surface area (Å²) < 4.78 is 28.8. The van der Waals surface area contributed by atoms with E-state index in [4.69, 9.17) is 4.98 Å². The molecular formula is C26H30N4O3S. The Labute approximate surface area is 201 Å². The second-order valence-electron chi connectivity index (χ2n) is 8.25. The van der Waals surface area contributed by atoms with Crippen LogP contribution in [0, 0.1) is 0 Å². The molecule has 0 fully saturated rings. The summed E-state index contributed by atoms with van der Waals surface area (Å²) >= 11 is 0. The van der Waals surface area contributed by atoms with E-state index >= 15 is 0 Å². The van der Waals surface area contributed by atoms with Gasteiger partial charge in [0.2, 0.25) is 15.9 Å². The number of nitrogens with zero attached hydrogens (tertiary/aromatic N) is 3. The Morgan fingerprint density at radius 3 is 2.59 bits per heavy atom. The number of aromatic nitrogens is 2.